The molecule has 0 aliphatic carbocycles. The number of ether oxygens (including phenoxy) is 3. The predicted octanol–water partition coefficient (Wildman–Crippen LogP) is -2.97. The van der Waals surface area contributed by atoms with E-state index < -0.39 is 98.2 Å². The van der Waals surface area contributed by atoms with Gasteiger partial charge < -0.3 is 24.4 Å². The molecule has 196 valence electrons. The summed E-state index contributed by atoms with van der Waals surface area (Å²) in [4.78, 5) is 108. The normalized spacial score (nSPS) is 17.1. The van der Waals surface area contributed by atoms with Crippen LogP contribution in [0.1, 0.15) is 38.5 Å². The highest BCUT2D eigenvalue weighted by molar-refractivity contribution is 6.06. The lowest BCUT2D eigenvalue weighted by atomic mass is 10.2. The number of amides is 4. The first-order chi connectivity index (χ1) is 17.0. The van der Waals surface area contributed by atoms with Crippen LogP contribution in [0.2, 0.25) is 0 Å². The molecule has 0 aromatic rings. The summed E-state index contributed by atoms with van der Waals surface area (Å²) in [5.74, 6) is -9.73. The van der Waals surface area contributed by atoms with Gasteiger partial charge in [0.15, 0.2) is 0 Å². The lowest BCUT2D eigenvalue weighted by molar-refractivity contribution is -0.169. The fraction of sp³-hybridized carbons (Fsp3) is 0.550. The van der Waals surface area contributed by atoms with Crippen molar-refractivity contribution in [3.05, 3.63) is 0 Å². The van der Waals surface area contributed by atoms with E-state index in [1.807, 2.05) is 0 Å². The first-order valence-electron chi connectivity index (χ1n) is 10.6. The van der Waals surface area contributed by atoms with Gasteiger partial charge in [0.2, 0.25) is 23.6 Å². The molecule has 4 amide bonds. The number of imide groups is 2. The first-order valence-corrected chi connectivity index (χ1v) is 10.6. The number of nitrogens with zero attached hydrogens (tertiary/aromatic N) is 2. The molecule has 0 bridgehead atoms. The molecule has 2 rings (SSSR count). The average Bonchev–Trinajstić information content (AvgIpc) is 3.32. The highest BCUT2D eigenvalue weighted by Crippen LogP contribution is 2.20. The lowest BCUT2D eigenvalue weighted by Gasteiger charge is -2.24. The molecule has 16 heteroatoms. The molecule has 36 heavy (non-hydrogen) atoms. The van der Waals surface area contributed by atoms with Crippen molar-refractivity contribution in [2.24, 2.45) is 0 Å². The number of likely N-dealkylation sites (tertiary alicyclic amines) is 2. The largest absolute Gasteiger partial charge is 0.481 e. The molecule has 0 saturated carbocycles. The van der Waals surface area contributed by atoms with E-state index in [9.17, 15) is 43.2 Å². The fourth-order valence-electron chi connectivity index (χ4n) is 3.44. The van der Waals surface area contributed by atoms with E-state index >= 15 is 0 Å². The minimum absolute atomic E-state index is 0.193. The number of aliphatic hydroxyl groups is 1. The molecule has 2 atom stereocenters. The highest BCUT2D eigenvalue weighted by Gasteiger charge is 2.42. The third kappa shape index (κ3) is 7.14. The van der Waals surface area contributed by atoms with E-state index in [0.29, 0.717) is 9.80 Å². The van der Waals surface area contributed by atoms with Crippen LogP contribution in [0.25, 0.3) is 0 Å². The Balaban J connectivity index is 1.99. The minimum Gasteiger partial charge on any atom is -0.481 e. The van der Waals surface area contributed by atoms with Gasteiger partial charge in [0.1, 0.15) is 31.9 Å². The summed E-state index contributed by atoms with van der Waals surface area (Å²) in [6.45, 7) is -2.48. The number of carboxylic acid groups (broad SMARTS) is 1. The summed E-state index contributed by atoms with van der Waals surface area (Å²) < 4.78 is 13.9. The predicted molar refractivity (Wildman–Crippen MR) is 107 cm³/mol. The summed E-state index contributed by atoms with van der Waals surface area (Å²) in [6, 6.07) is -3.53. The van der Waals surface area contributed by atoms with E-state index in [1.165, 1.54) is 0 Å². The molecule has 2 aliphatic rings. The molecule has 2 fully saturated rings. The Bertz CT molecular complexity index is 957. The van der Waals surface area contributed by atoms with Crippen LogP contribution in [-0.4, -0.2) is 105 Å². The maximum atomic E-state index is 12.5. The van der Waals surface area contributed by atoms with Crippen molar-refractivity contribution in [1.82, 2.24) is 9.80 Å². The van der Waals surface area contributed by atoms with Crippen molar-refractivity contribution in [2.75, 3.05) is 19.8 Å². The Kier molecular flexibility index (Phi) is 9.72. The second-order valence-corrected chi connectivity index (χ2v) is 7.49. The molecular weight excluding hydrogens is 492 g/mol. The number of aliphatic hydroxyl groups excluding tert-OH is 1. The molecule has 0 aromatic carbocycles. The Hall–Kier alpha value is -4.21. The number of esters is 4. The third-order valence-electron chi connectivity index (χ3n) is 5.00. The minimum atomic E-state index is -1.80. The maximum absolute atomic E-state index is 12.5. The van der Waals surface area contributed by atoms with Gasteiger partial charge in [0.05, 0.1) is 12.8 Å². The number of carbonyl (C=O) groups excluding carboxylic acids is 8. The van der Waals surface area contributed by atoms with Gasteiger partial charge >= 0.3 is 29.8 Å². The van der Waals surface area contributed by atoms with Crippen LogP contribution >= 0.6 is 0 Å². The van der Waals surface area contributed by atoms with E-state index in [4.69, 9.17) is 19.7 Å². The van der Waals surface area contributed by atoms with Crippen LogP contribution in [0.5, 0.6) is 0 Å². The number of carboxylic acids is 1. The number of hydrogen-bond acceptors (Lipinski definition) is 13. The van der Waals surface area contributed by atoms with Crippen molar-refractivity contribution in [2.45, 2.75) is 50.6 Å². The molecule has 0 spiro atoms. The van der Waals surface area contributed by atoms with E-state index in [0.717, 1.165) is 0 Å². The second-order valence-electron chi connectivity index (χ2n) is 7.49. The number of rotatable bonds is 12. The smallest absolute Gasteiger partial charge is 0.339 e. The number of hydrogen-bond donors (Lipinski definition) is 2. The fourth-order valence-corrected chi connectivity index (χ4v) is 3.44. The summed E-state index contributed by atoms with van der Waals surface area (Å²) in [5.41, 5.74) is 0. The summed E-state index contributed by atoms with van der Waals surface area (Å²) in [5, 5.41) is 17.6. The van der Waals surface area contributed by atoms with Gasteiger partial charge in [-0.1, -0.05) is 0 Å². The summed E-state index contributed by atoms with van der Waals surface area (Å²) >= 11 is 0. The Morgan fingerprint density at radius 1 is 0.694 bits per heavy atom. The van der Waals surface area contributed by atoms with Gasteiger partial charge in [-0.05, 0) is 0 Å². The number of carbonyl (C=O) groups is 9. The SMILES string of the molecule is O=C(O)CC(C(=O)OCCOC(=O)C(CC(=O)OC(=O)CO)N1C(=O)CCC1=O)N1C(=O)CCC1=O. The van der Waals surface area contributed by atoms with Gasteiger partial charge in [0.25, 0.3) is 0 Å². The van der Waals surface area contributed by atoms with Crippen molar-refractivity contribution in [1.29, 1.82) is 0 Å². The molecule has 2 heterocycles. The third-order valence-corrected chi connectivity index (χ3v) is 5.00. The topological polar surface area (TPSA) is 228 Å². The molecule has 2 aliphatic heterocycles. The van der Waals surface area contributed by atoms with Crippen molar-refractivity contribution in [3.63, 3.8) is 0 Å². The van der Waals surface area contributed by atoms with Gasteiger partial charge in [-0.3, -0.25) is 38.6 Å². The van der Waals surface area contributed by atoms with E-state index in [2.05, 4.69) is 4.74 Å². The molecule has 2 N–H and O–H groups in total. The zero-order valence-corrected chi connectivity index (χ0v) is 18.7. The molecule has 2 saturated heterocycles. The van der Waals surface area contributed by atoms with Crippen LogP contribution in [0.3, 0.4) is 0 Å². The standard InChI is InChI=1S/C20H22N2O14/c23-9-18(31)36-17(30)8-11(22-14(26)3-4-15(22)27)20(33)35-6-5-34-19(32)10(7-16(28)29)21-12(24)1-2-13(21)25/h10-11,23H,1-9H2,(H,28,29). The van der Waals surface area contributed by atoms with Gasteiger partial charge in [-0.25, -0.2) is 14.4 Å². The van der Waals surface area contributed by atoms with Crippen molar-refractivity contribution < 1.29 is 67.6 Å². The van der Waals surface area contributed by atoms with Crippen molar-refractivity contribution >= 4 is 53.5 Å². The van der Waals surface area contributed by atoms with Crippen LogP contribution in [-0.2, 0) is 57.4 Å². The molecule has 16 nitrogen and oxygen atoms in total. The van der Waals surface area contributed by atoms with Gasteiger partial charge in [-0.15, -0.1) is 0 Å². The zero-order valence-electron chi connectivity index (χ0n) is 18.7. The second kappa shape index (κ2) is 12.5. The Labute approximate surface area is 202 Å². The van der Waals surface area contributed by atoms with Crippen LogP contribution in [0, 0.1) is 0 Å². The number of aliphatic carboxylic acids is 1. The average molecular weight is 514 g/mol. The monoisotopic (exact) mass is 514 g/mol. The van der Waals surface area contributed by atoms with Crippen LogP contribution < -0.4 is 0 Å². The summed E-state index contributed by atoms with van der Waals surface area (Å²) in [6.07, 6.45) is -2.72. The quantitative estimate of drug-likeness (QED) is 0.0871. The maximum Gasteiger partial charge on any atom is 0.339 e. The van der Waals surface area contributed by atoms with E-state index in [1.54, 1.807) is 0 Å². The van der Waals surface area contributed by atoms with Gasteiger partial charge in [0, 0.05) is 25.7 Å². The Morgan fingerprint density at radius 3 is 1.44 bits per heavy atom. The highest BCUT2D eigenvalue weighted by atomic mass is 16.6. The van der Waals surface area contributed by atoms with E-state index in [-0.39, 0.29) is 25.7 Å². The van der Waals surface area contributed by atoms with Crippen molar-refractivity contribution in [3.8, 4) is 0 Å². The molecule has 0 radical (unpaired) electrons. The lowest BCUT2D eigenvalue weighted by Crippen LogP contribution is -2.47. The van der Waals surface area contributed by atoms with Crippen LogP contribution in [0.4, 0.5) is 0 Å². The van der Waals surface area contributed by atoms with Gasteiger partial charge in [-0.2, -0.15) is 0 Å². The zero-order chi connectivity index (χ0) is 27.0. The Morgan fingerprint density at radius 2 is 1.08 bits per heavy atom. The first kappa shape index (κ1) is 28.0. The molecule has 2 unspecified atom stereocenters. The summed E-state index contributed by atoms with van der Waals surface area (Å²) in [7, 11) is 0. The van der Waals surface area contributed by atoms with Crippen LogP contribution in [0.15, 0.2) is 0 Å². The molecule has 0 aromatic heterocycles. The molecular formula is C20H22N2O14.